The van der Waals surface area contributed by atoms with Crippen molar-refractivity contribution in [1.29, 1.82) is 0 Å². The lowest BCUT2D eigenvalue weighted by Crippen LogP contribution is -2.13. The highest BCUT2D eigenvalue weighted by Crippen LogP contribution is 2.51. The van der Waals surface area contributed by atoms with Crippen molar-refractivity contribution in [3.63, 3.8) is 0 Å². The SMILES string of the molecule is c1ccc(-c2ccc(-c3ccccc3N(c3ccc4c5ccccc5n(-c5ccccc5)c4c3)c3ccc(-c4cccc5c4sc4ccccc45)cc3-c3cccc4c3sc3ccccc34)cc2)cc1. The monoisotopic (exact) mass is 926 g/mol. The summed E-state index contributed by atoms with van der Waals surface area (Å²) in [5, 5.41) is 7.62. The van der Waals surface area contributed by atoms with E-state index < -0.39 is 0 Å². The predicted octanol–water partition coefficient (Wildman–Crippen LogP) is 19.7. The fraction of sp³-hybridized carbons (Fsp3) is 0. The van der Waals surface area contributed by atoms with Gasteiger partial charge in [-0.2, -0.15) is 0 Å². The number of hydrogen-bond donors (Lipinski definition) is 0. The van der Waals surface area contributed by atoms with Crippen LogP contribution in [-0.4, -0.2) is 4.57 Å². The maximum absolute atomic E-state index is 2.53. The van der Waals surface area contributed by atoms with Gasteiger partial charge in [0.15, 0.2) is 0 Å². The minimum absolute atomic E-state index is 1.07. The molecule has 14 aromatic rings. The average Bonchev–Trinajstić information content (AvgIpc) is 4.12. The molecule has 4 heteroatoms. The number of para-hydroxylation sites is 3. The van der Waals surface area contributed by atoms with Crippen LogP contribution in [0.2, 0.25) is 0 Å². The van der Waals surface area contributed by atoms with Gasteiger partial charge in [0.2, 0.25) is 0 Å². The third-order valence-corrected chi connectivity index (χ3v) is 16.5. The molecule has 0 fully saturated rings. The minimum Gasteiger partial charge on any atom is -0.309 e. The number of benzene rings is 11. The smallest absolute Gasteiger partial charge is 0.0561 e. The Bertz CT molecular complexity index is 4290. The molecule has 0 bridgehead atoms. The second-order valence-corrected chi connectivity index (χ2v) is 20.1. The number of hydrogen-bond acceptors (Lipinski definition) is 3. The molecule has 0 saturated carbocycles. The van der Waals surface area contributed by atoms with E-state index >= 15 is 0 Å². The standard InChI is InChI=1S/C66H42N2S2/c1-3-17-43(18-4-1)44-33-35-45(36-34-44)49-21-7-11-29-59(49)68(48-38-39-52-51-22-8-12-30-60(51)67(62(52)42-48)47-19-5-2-6-20-47)61-40-37-46(50-25-15-26-55-53-23-9-13-31-63(53)69-65(50)55)41-58(61)57-28-16-27-56-54-24-10-14-32-64(54)70-66(56)57/h1-42H. The lowest BCUT2D eigenvalue weighted by Gasteiger charge is -2.30. The van der Waals surface area contributed by atoms with Crippen LogP contribution in [0.1, 0.15) is 0 Å². The molecule has 3 aromatic heterocycles. The molecule has 14 rings (SSSR count). The van der Waals surface area contributed by atoms with Crippen LogP contribution in [-0.2, 0) is 0 Å². The number of rotatable bonds is 8. The molecule has 11 aromatic carbocycles. The van der Waals surface area contributed by atoms with Crippen LogP contribution < -0.4 is 4.90 Å². The summed E-state index contributed by atoms with van der Waals surface area (Å²) in [6, 6.07) is 93.9. The van der Waals surface area contributed by atoms with Gasteiger partial charge in [-0.25, -0.2) is 0 Å². The quantitative estimate of drug-likeness (QED) is 0.147. The molecule has 0 aliphatic heterocycles. The normalized spacial score (nSPS) is 11.7. The van der Waals surface area contributed by atoms with Crippen molar-refractivity contribution in [3.8, 4) is 50.2 Å². The van der Waals surface area contributed by atoms with Gasteiger partial charge in [-0.15, -0.1) is 22.7 Å². The van der Waals surface area contributed by atoms with Gasteiger partial charge in [-0.1, -0.05) is 194 Å². The second-order valence-electron chi connectivity index (χ2n) is 18.0. The zero-order valence-electron chi connectivity index (χ0n) is 38.0. The van der Waals surface area contributed by atoms with Crippen LogP contribution >= 0.6 is 22.7 Å². The molecular formula is C66H42N2S2. The van der Waals surface area contributed by atoms with Crippen molar-refractivity contribution in [2.24, 2.45) is 0 Å². The maximum atomic E-state index is 2.53. The Morgan fingerprint density at radius 2 is 0.800 bits per heavy atom. The topological polar surface area (TPSA) is 8.17 Å². The van der Waals surface area contributed by atoms with E-state index in [4.69, 9.17) is 0 Å². The first-order valence-corrected chi connectivity index (χ1v) is 25.5. The van der Waals surface area contributed by atoms with Crippen molar-refractivity contribution in [2.45, 2.75) is 0 Å². The van der Waals surface area contributed by atoms with Crippen molar-refractivity contribution < 1.29 is 0 Å². The van der Waals surface area contributed by atoms with Gasteiger partial charge >= 0.3 is 0 Å². The van der Waals surface area contributed by atoms with Gasteiger partial charge in [0.25, 0.3) is 0 Å². The molecule has 3 heterocycles. The molecule has 0 aliphatic carbocycles. The molecule has 0 radical (unpaired) electrons. The van der Waals surface area contributed by atoms with Gasteiger partial charge in [-0.05, 0) is 88.5 Å². The molecule has 328 valence electrons. The summed E-state index contributed by atoms with van der Waals surface area (Å²) in [7, 11) is 0. The molecule has 0 N–H and O–H groups in total. The fourth-order valence-corrected chi connectivity index (χ4v) is 13.3. The Hall–Kier alpha value is -8.54. The van der Waals surface area contributed by atoms with E-state index in [1.54, 1.807) is 0 Å². The highest BCUT2D eigenvalue weighted by atomic mass is 32.1. The summed E-state index contributed by atoms with van der Waals surface area (Å²) in [6.07, 6.45) is 0. The Morgan fingerprint density at radius 3 is 1.54 bits per heavy atom. The summed E-state index contributed by atoms with van der Waals surface area (Å²) >= 11 is 3.77. The van der Waals surface area contributed by atoms with Crippen molar-refractivity contribution in [2.75, 3.05) is 4.90 Å². The van der Waals surface area contributed by atoms with E-state index in [9.17, 15) is 0 Å². The van der Waals surface area contributed by atoms with Crippen LogP contribution in [0.3, 0.4) is 0 Å². The van der Waals surface area contributed by atoms with Crippen LogP contribution in [0.5, 0.6) is 0 Å². The third-order valence-electron chi connectivity index (χ3n) is 14.0. The van der Waals surface area contributed by atoms with E-state index in [1.165, 1.54) is 90.0 Å². The Kier molecular flexibility index (Phi) is 9.61. The maximum Gasteiger partial charge on any atom is 0.0561 e. The van der Waals surface area contributed by atoms with Crippen LogP contribution in [0.15, 0.2) is 255 Å². The molecular weight excluding hydrogens is 885 g/mol. The Labute approximate surface area is 413 Å². The first-order chi connectivity index (χ1) is 34.7. The minimum atomic E-state index is 1.07. The molecule has 0 amide bonds. The Balaban J connectivity index is 1.06. The van der Waals surface area contributed by atoms with Gasteiger partial charge in [0.05, 0.1) is 22.4 Å². The zero-order chi connectivity index (χ0) is 46.1. The highest BCUT2D eigenvalue weighted by molar-refractivity contribution is 7.26. The van der Waals surface area contributed by atoms with E-state index in [2.05, 4.69) is 264 Å². The molecule has 0 saturated heterocycles. The van der Waals surface area contributed by atoms with E-state index in [0.717, 1.165) is 39.4 Å². The summed E-state index contributed by atoms with van der Waals surface area (Å²) in [5.41, 5.74) is 16.3. The van der Waals surface area contributed by atoms with Crippen molar-refractivity contribution in [1.82, 2.24) is 4.57 Å². The molecule has 70 heavy (non-hydrogen) atoms. The average molecular weight is 927 g/mol. The van der Waals surface area contributed by atoms with Crippen LogP contribution in [0.25, 0.3) is 112 Å². The highest BCUT2D eigenvalue weighted by Gasteiger charge is 2.25. The third kappa shape index (κ3) is 6.60. The molecule has 0 atom stereocenters. The fourth-order valence-electron chi connectivity index (χ4n) is 10.8. The Morgan fingerprint density at radius 1 is 0.286 bits per heavy atom. The molecule has 0 aliphatic rings. The summed E-state index contributed by atoms with van der Waals surface area (Å²) in [5.74, 6) is 0. The van der Waals surface area contributed by atoms with Gasteiger partial charge in [0.1, 0.15) is 0 Å². The number of nitrogens with zero attached hydrogens (tertiary/aromatic N) is 2. The lowest BCUT2D eigenvalue weighted by atomic mass is 9.93. The second kappa shape index (κ2) is 16.6. The van der Waals surface area contributed by atoms with Crippen LogP contribution in [0, 0.1) is 0 Å². The number of anilines is 3. The molecule has 0 spiro atoms. The van der Waals surface area contributed by atoms with E-state index in [-0.39, 0.29) is 0 Å². The molecule has 0 unspecified atom stereocenters. The summed E-state index contributed by atoms with van der Waals surface area (Å²) in [4.78, 5) is 2.53. The van der Waals surface area contributed by atoms with Gasteiger partial charge in [-0.3, -0.25) is 0 Å². The first-order valence-electron chi connectivity index (χ1n) is 23.8. The zero-order valence-corrected chi connectivity index (χ0v) is 39.6. The van der Waals surface area contributed by atoms with E-state index in [1.807, 2.05) is 22.7 Å². The van der Waals surface area contributed by atoms with Crippen molar-refractivity contribution in [3.05, 3.63) is 255 Å². The lowest BCUT2D eigenvalue weighted by molar-refractivity contribution is 1.18. The van der Waals surface area contributed by atoms with E-state index in [0.29, 0.717) is 0 Å². The summed E-state index contributed by atoms with van der Waals surface area (Å²) < 4.78 is 7.61. The number of aromatic nitrogens is 1. The van der Waals surface area contributed by atoms with Crippen LogP contribution in [0.4, 0.5) is 17.1 Å². The first kappa shape index (κ1) is 40.5. The van der Waals surface area contributed by atoms with Crippen molar-refractivity contribution >= 4 is 102 Å². The predicted molar refractivity (Wildman–Crippen MR) is 303 cm³/mol. The summed E-state index contributed by atoms with van der Waals surface area (Å²) in [6.45, 7) is 0. The largest absolute Gasteiger partial charge is 0.309 e. The van der Waals surface area contributed by atoms with Gasteiger partial charge < -0.3 is 9.47 Å². The number of fused-ring (bicyclic) bond motifs is 9. The van der Waals surface area contributed by atoms with Gasteiger partial charge in [0, 0.05) is 79.2 Å². The molecule has 2 nitrogen and oxygen atoms in total. The number of thiophene rings is 2.